The van der Waals surface area contributed by atoms with Gasteiger partial charge in [0.2, 0.25) is 12.4 Å². The molecule has 35 heavy (non-hydrogen) atoms. The molecule has 4 aromatic rings. The van der Waals surface area contributed by atoms with Gasteiger partial charge >= 0.3 is 0 Å². The van der Waals surface area contributed by atoms with Crippen LogP contribution in [0.1, 0.15) is 49.7 Å². The number of hydrogen-bond donors (Lipinski definition) is 0. The summed E-state index contributed by atoms with van der Waals surface area (Å²) in [7, 11) is 2.24. The Morgan fingerprint density at radius 2 is 1.57 bits per heavy atom. The third kappa shape index (κ3) is 2.30. The average Bonchev–Trinajstić information content (AvgIpc) is 3.18. The van der Waals surface area contributed by atoms with Gasteiger partial charge in [-0.2, -0.15) is 0 Å². The quantitative estimate of drug-likeness (QED) is 0.246. The normalized spacial score (nSPS) is 28.5. The van der Waals surface area contributed by atoms with Gasteiger partial charge in [0.15, 0.2) is 6.20 Å². The van der Waals surface area contributed by atoms with E-state index in [1.807, 2.05) is 0 Å². The van der Waals surface area contributed by atoms with Crippen molar-refractivity contribution >= 4 is 33.9 Å². The van der Waals surface area contributed by atoms with Crippen LogP contribution in [0.5, 0.6) is 0 Å². The molecule has 0 atom stereocenters. The Kier molecular flexibility index (Phi) is 3.47. The molecule has 4 fully saturated rings. The van der Waals surface area contributed by atoms with Crippen LogP contribution in [0.25, 0.3) is 33.2 Å². The van der Waals surface area contributed by atoms with Crippen LogP contribution >= 0.6 is 0 Å². The minimum Gasteiger partial charge on any atom is -0.200 e. The summed E-state index contributed by atoms with van der Waals surface area (Å²) in [4.78, 5) is 0. The van der Waals surface area contributed by atoms with Crippen molar-refractivity contribution in [1.82, 2.24) is 0 Å². The Balaban J connectivity index is 1.39. The van der Waals surface area contributed by atoms with E-state index in [4.69, 9.17) is 0 Å². The van der Waals surface area contributed by atoms with E-state index in [0.717, 1.165) is 17.8 Å². The van der Waals surface area contributed by atoms with Crippen molar-refractivity contribution in [1.29, 1.82) is 0 Å². The molecule has 0 amide bonds. The maximum Gasteiger partial charge on any atom is 0.245 e. The number of rotatable bonds is 1. The predicted molar refractivity (Wildman–Crippen MR) is 145 cm³/mol. The van der Waals surface area contributed by atoms with Crippen LogP contribution < -0.4 is 21.0 Å². The fraction of sp³-hybridized carbons (Fsp3) is 0.364. The second-order valence-electron chi connectivity index (χ2n) is 12.7. The van der Waals surface area contributed by atoms with Crippen LogP contribution in [0.3, 0.4) is 0 Å². The number of hydrogen-bond acceptors (Lipinski definition) is 0. The number of nitrogens with zero attached hydrogens (tertiary/aromatic N) is 1. The van der Waals surface area contributed by atoms with Gasteiger partial charge in [-0.05, 0) is 102 Å². The zero-order valence-corrected chi connectivity index (χ0v) is 20.8. The van der Waals surface area contributed by atoms with E-state index in [9.17, 15) is 0 Å². The summed E-state index contributed by atoms with van der Waals surface area (Å²) < 4.78 is 2.39. The van der Waals surface area contributed by atoms with Crippen molar-refractivity contribution in [3.05, 3.63) is 71.9 Å². The number of benzene rings is 3. The molecule has 3 heterocycles. The number of aryl methyl sites for hydroxylation is 2. The molecular weight excluding hydrogens is 421 g/mol. The van der Waals surface area contributed by atoms with Crippen molar-refractivity contribution < 1.29 is 4.57 Å². The van der Waals surface area contributed by atoms with Crippen molar-refractivity contribution in [2.75, 3.05) is 0 Å². The molecule has 2 heteroatoms. The molecule has 4 aliphatic carbocycles. The van der Waals surface area contributed by atoms with Crippen LogP contribution in [0.2, 0.25) is 0 Å². The summed E-state index contributed by atoms with van der Waals surface area (Å²) in [6, 6.07) is 21.7. The van der Waals surface area contributed by atoms with E-state index in [1.54, 1.807) is 16.5 Å². The van der Waals surface area contributed by atoms with Crippen molar-refractivity contribution in [3.8, 4) is 22.4 Å². The molecule has 2 aliphatic heterocycles. The lowest BCUT2D eigenvalue weighted by molar-refractivity contribution is -0.659. The fourth-order valence-electron chi connectivity index (χ4n) is 9.89. The van der Waals surface area contributed by atoms with Crippen LogP contribution in [-0.4, -0.2) is 6.71 Å². The SMILES string of the molecule is Cc1ccc2c3c1-c1c4c(cc(C56CC7CC(CC(C7)C5)C6)cc4cc[n+]1C)B3c1ccccc1-2. The van der Waals surface area contributed by atoms with Crippen molar-refractivity contribution in [2.24, 2.45) is 24.8 Å². The number of pyridine rings is 1. The maximum atomic E-state index is 2.71. The summed E-state index contributed by atoms with van der Waals surface area (Å²) in [6.45, 7) is 2.67. The van der Waals surface area contributed by atoms with E-state index < -0.39 is 0 Å². The standard InChI is InChI=1S/C33H31BN/c1-19-7-8-26-25-5-3-4-6-27(25)34-28-15-24(33-16-20-11-21(17-33)13-22(12-20)18-33)14-23-9-10-35(2)32(30(23)28)29(19)31(26)34/h3-10,14-15,20-22H,11-13,16-18H2,1-2H3/q+1. The third-order valence-corrected chi connectivity index (χ3v) is 10.8. The highest BCUT2D eigenvalue weighted by atomic mass is 14.9. The zero-order chi connectivity index (χ0) is 23.1. The molecular formula is C33H31BN+. The molecule has 1 aromatic heterocycles. The minimum atomic E-state index is 0.363. The van der Waals surface area contributed by atoms with Gasteiger partial charge in [0.05, 0.1) is 0 Å². The first-order chi connectivity index (χ1) is 17.1. The first kappa shape index (κ1) is 19.3. The first-order valence-electron chi connectivity index (χ1n) is 13.8. The maximum absolute atomic E-state index is 2.71. The molecule has 10 rings (SSSR count). The molecule has 4 saturated carbocycles. The smallest absolute Gasteiger partial charge is 0.200 e. The van der Waals surface area contributed by atoms with Gasteiger partial charge in [-0.1, -0.05) is 59.5 Å². The second kappa shape index (κ2) is 6.27. The lowest BCUT2D eigenvalue weighted by Crippen LogP contribution is -2.55. The summed E-state index contributed by atoms with van der Waals surface area (Å²) >= 11 is 0. The summed E-state index contributed by atoms with van der Waals surface area (Å²) in [5.74, 6) is 2.92. The first-order valence-corrected chi connectivity index (χ1v) is 13.8. The Morgan fingerprint density at radius 3 is 2.34 bits per heavy atom. The third-order valence-electron chi connectivity index (χ3n) is 10.8. The van der Waals surface area contributed by atoms with Gasteiger partial charge in [-0.25, -0.2) is 4.57 Å². The average molecular weight is 452 g/mol. The molecule has 4 bridgehead atoms. The van der Waals surface area contributed by atoms with Crippen LogP contribution in [0, 0.1) is 24.7 Å². The molecule has 0 radical (unpaired) electrons. The molecule has 1 nitrogen and oxygen atoms in total. The molecule has 0 saturated heterocycles. The molecule has 0 N–H and O–H groups in total. The minimum absolute atomic E-state index is 0.363. The lowest BCUT2D eigenvalue weighted by Gasteiger charge is -2.57. The van der Waals surface area contributed by atoms with Crippen molar-refractivity contribution in [2.45, 2.75) is 50.9 Å². The molecule has 3 aromatic carbocycles. The number of fused-ring (bicyclic) bond motifs is 5. The van der Waals surface area contributed by atoms with Gasteiger partial charge in [0.25, 0.3) is 0 Å². The van der Waals surface area contributed by atoms with Crippen LogP contribution in [0.4, 0.5) is 0 Å². The Labute approximate surface area is 208 Å². The molecule has 0 unspecified atom stereocenters. The van der Waals surface area contributed by atoms with Gasteiger partial charge in [-0.3, -0.25) is 0 Å². The van der Waals surface area contributed by atoms with Crippen LogP contribution in [0.15, 0.2) is 60.8 Å². The highest BCUT2D eigenvalue weighted by Crippen LogP contribution is 2.61. The van der Waals surface area contributed by atoms with E-state index >= 15 is 0 Å². The Morgan fingerprint density at radius 1 is 0.829 bits per heavy atom. The summed E-state index contributed by atoms with van der Waals surface area (Å²) in [6.07, 6.45) is 11.1. The fourth-order valence-corrected chi connectivity index (χ4v) is 9.89. The highest BCUT2D eigenvalue weighted by Gasteiger charge is 2.52. The Bertz CT molecular complexity index is 1580. The van der Waals surface area contributed by atoms with Crippen LogP contribution in [-0.2, 0) is 12.5 Å². The molecule has 6 aliphatic rings. The highest BCUT2D eigenvalue weighted by molar-refractivity contribution is 7.01. The van der Waals surface area contributed by atoms with E-state index in [0.29, 0.717) is 12.1 Å². The van der Waals surface area contributed by atoms with E-state index in [1.165, 1.54) is 82.7 Å². The predicted octanol–water partition coefficient (Wildman–Crippen LogP) is 4.92. The van der Waals surface area contributed by atoms with E-state index in [-0.39, 0.29) is 0 Å². The van der Waals surface area contributed by atoms with Gasteiger partial charge in [-0.15, -0.1) is 0 Å². The largest absolute Gasteiger partial charge is 0.245 e. The number of aromatic nitrogens is 1. The zero-order valence-electron chi connectivity index (χ0n) is 20.8. The van der Waals surface area contributed by atoms with Gasteiger partial charge < -0.3 is 0 Å². The summed E-state index contributed by atoms with van der Waals surface area (Å²) in [5, 5.41) is 2.96. The van der Waals surface area contributed by atoms with E-state index in [2.05, 4.69) is 79.3 Å². The van der Waals surface area contributed by atoms with Gasteiger partial charge in [0.1, 0.15) is 7.05 Å². The molecule has 0 spiro atoms. The van der Waals surface area contributed by atoms with Crippen molar-refractivity contribution in [3.63, 3.8) is 0 Å². The second-order valence-corrected chi connectivity index (χ2v) is 12.7. The lowest BCUT2D eigenvalue weighted by atomic mass is 9.35. The monoisotopic (exact) mass is 452 g/mol. The molecule has 170 valence electrons. The topological polar surface area (TPSA) is 3.88 Å². The van der Waals surface area contributed by atoms with Gasteiger partial charge in [0, 0.05) is 17.0 Å². The summed E-state index contributed by atoms with van der Waals surface area (Å²) in [5.41, 5.74) is 13.9. The Hall–Kier alpha value is -2.87.